The van der Waals surface area contributed by atoms with Gasteiger partial charge in [0.05, 0.1) is 12.6 Å². The fourth-order valence-corrected chi connectivity index (χ4v) is 4.10. The van der Waals surface area contributed by atoms with Crippen LogP contribution in [0, 0.1) is 0 Å². The number of fused-ring (bicyclic) bond motifs is 1. The molecule has 1 heterocycles. The quantitative estimate of drug-likeness (QED) is 0.345. The van der Waals surface area contributed by atoms with Gasteiger partial charge >= 0.3 is 5.97 Å². The first kappa shape index (κ1) is 21.7. The maximum absolute atomic E-state index is 11.6. The minimum atomic E-state index is -0.173. The van der Waals surface area contributed by atoms with Gasteiger partial charge in [-0.15, -0.1) is 0 Å². The van der Waals surface area contributed by atoms with E-state index in [-0.39, 0.29) is 5.97 Å². The second kappa shape index (κ2) is 9.73. The lowest BCUT2D eigenvalue weighted by molar-refractivity contribution is -0.140. The molecule has 1 aromatic heterocycles. The van der Waals surface area contributed by atoms with Gasteiger partial charge in [0.2, 0.25) is 0 Å². The summed E-state index contributed by atoms with van der Waals surface area (Å²) in [6.07, 6.45) is 5.30. The first-order chi connectivity index (χ1) is 15.5. The van der Waals surface area contributed by atoms with Crippen LogP contribution < -0.4 is 4.90 Å². The predicted molar refractivity (Wildman–Crippen MR) is 132 cm³/mol. The highest BCUT2D eigenvalue weighted by Crippen LogP contribution is 2.28. The van der Waals surface area contributed by atoms with Crippen molar-refractivity contribution in [1.29, 1.82) is 0 Å². The molecule has 0 atom stereocenters. The highest BCUT2D eigenvalue weighted by Gasteiger charge is 2.12. The number of rotatable bonds is 8. The van der Waals surface area contributed by atoms with E-state index in [4.69, 9.17) is 4.74 Å². The number of aryl methyl sites for hydroxylation is 3. The van der Waals surface area contributed by atoms with Crippen LogP contribution in [-0.2, 0) is 28.8 Å². The number of hydrogen-bond acceptors (Lipinski definition) is 3. The molecule has 0 N–H and O–H groups in total. The van der Waals surface area contributed by atoms with Crippen LogP contribution in [0.1, 0.15) is 23.1 Å². The van der Waals surface area contributed by atoms with Crippen LogP contribution >= 0.6 is 0 Å². The molecule has 0 saturated carbocycles. The Kier molecular flexibility index (Phi) is 6.60. The van der Waals surface area contributed by atoms with Crippen molar-refractivity contribution in [3.05, 3.63) is 95.7 Å². The summed E-state index contributed by atoms with van der Waals surface area (Å²) in [6, 6.07) is 25.8. The predicted octanol–water partition coefficient (Wildman–Crippen LogP) is 5.59. The lowest BCUT2D eigenvalue weighted by atomic mass is 10.0. The van der Waals surface area contributed by atoms with Gasteiger partial charge in [0.25, 0.3) is 0 Å². The fourth-order valence-electron chi connectivity index (χ4n) is 4.10. The molecular formula is C28H30N2O2. The van der Waals surface area contributed by atoms with E-state index in [1.165, 1.54) is 34.8 Å². The number of esters is 1. The van der Waals surface area contributed by atoms with Crippen LogP contribution in [0.25, 0.3) is 16.6 Å². The number of benzene rings is 3. The molecule has 0 saturated heterocycles. The monoisotopic (exact) mass is 426 g/mol. The first-order valence-corrected chi connectivity index (χ1v) is 11.1. The molecule has 4 nitrogen and oxygen atoms in total. The Morgan fingerprint density at radius 2 is 1.62 bits per heavy atom. The zero-order valence-corrected chi connectivity index (χ0v) is 19.0. The van der Waals surface area contributed by atoms with Crippen molar-refractivity contribution < 1.29 is 9.53 Å². The average Bonchev–Trinajstić information content (AvgIpc) is 3.19. The van der Waals surface area contributed by atoms with E-state index in [0.29, 0.717) is 12.8 Å². The maximum atomic E-state index is 11.6. The van der Waals surface area contributed by atoms with Crippen molar-refractivity contribution in [3.8, 4) is 5.69 Å². The summed E-state index contributed by atoms with van der Waals surface area (Å²) < 4.78 is 7.09. The molecule has 3 aromatic carbocycles. The Bertz CT molecular complexity index is 1190. The zero-order chi connectivity index (χ0) is 22.5. The second-order valence-electron chi connectivity index (χ2n) is 8.35. The normalized spacial score (nSPS) is 11.0. The average molecular weight is 427 g/mol. The van der Waals surface area contributed by atoms with Gasteiger partial charge in [-0.3, -0.25) is 4.79 Å². The van der Waals surface area contributed by atoms with E-state index in [1.54, 1.807) is 0 Å². The Morgan fingerprint density at radius 1 is 0.875 bits per heavy atom. The van der Waals surface area contributed by atoms with Gasteiger partial charge in [0, 0.05) is 43.5 Å². The maximum Gasteiger partial charge on any atom is 0.305 e. The molecule has 4 rings (SSSR count). The molecule has 164 valence electrons. The number of methoxy groups -OCH3 is 1. The summed E-state index contributed by atoms with van der Waals surface area (Å²) >= 11 is 0. The number of carbonyl (C=O) groups excluding carboxylic acids is 1. The van der Waals surface area contributed by atoms with Crippen LogP contribution in [0.2, 0.25) is 0 Å². The summed E-state index contributed by atoms with van der Waals surface area (Å²) in [4.78, 5) is 13.7. The molecule has 32 heavy (non-hydrogen) atoms. The van der Waals surface area contributed by atoms with Crippen molar-refractivity contribution in [3.63, 3.8) is 0 Å². The van der Waals surface area contributed by atoms with Gasteiger partial charge in [0.15, 0.2) is 0 Å². The minimum Gasteiger partial charge on any atom is -0.469 e. The van der Waals surface area contributed by atoms with E-state index >= 15 is 0 Å². The standard InChI is InChI=1S/C28H30N2O2/c1-29(2)24-13-15-25(16-14-24)30-20-23(12-9-21-7-5-4-6-8-21)26-19-22(10-17-27(26)30)11-18-28(31)32-3/h4-8,10,13-17,19-20H,9,11-12,18H2,1-3H3. The van der Waals surface area contributed by atoms with Crippen molar-refractivity contribution >= 4 is 22.6 Å². The number of nitrogens with zero attached hydrogens (tertiary/aromatic N) is 2. The zero-order valence-electron chi connectivity index (χ0n) is 19.0. The number of aromatic nitrogens is 1. The topological polar surface area (TPSA) is 34.5 Å². The molecule has 0 aliphatic rings. The molecule has 0 unspecified atom stereocenters. The first-order valence-electron chi connectivity index (χ1n) is 11.1. The van der Waals surface area contributed by atoms with Gasteiger partial charge in [-0.25, -0.2) is 0 Å². The smallest absolute Gasteiger partial charge is 0.305 e. The molecule has 0 bridgehead atoms. The van der Waals surface area contributed by atoms with E-state index in [2.05, 4.69) is 103 Å². The summed E-state index contributed by atoms with van der Waals surface area (Å²) in [5.74, 6) is -0.173. The van der Waals surface area contributed by atoms with Crippen LogP contribution in [-0.4, -0.2) is 31.7 Å². The SMILES string of the molecule is COC(=O)CCc1ccc2c(c1)c(CCc1ccccc1)cn2-c1ccc(N(C)C)cc1. The molecule has 4 aromatic rings. The molecule has 0 aliphatic carbocycles. The minimum absolute atomic E-state index is 0.173. The number of anilines is 1. The lowest BCUT2D eigenvalue weighted by Gasteiger charge is -2.13. The van der Waals surface area contributed by atoms with Crippen LogP contribution in [0.15, 0.2) is 79.0 Å². The van der Waals surface area contributed by atoms with E-state index < -0.39 is 0 Å². The Labute approximate surface area is 190 Å². The number of carbonyl (C=O) groups is 1. The summed E-state index contributed by atoms with van der Waals surface area (Å²) in [7, 11) is 5.55. The highest BCUT2D eigenvalue weighted by molar-refractivity contribution is 5.86. The molecular weight excluding hydrogens is 396 g/mol. The van der Waals surface area contributed by atoms with Gasteiger partial charge in [0.1, 0.15) is 0 Å². The van der Waals surface area contributed by atoms with Crippen molar-refractivity contribution in [2.75, 3.05) is 26.1 Å². The van der Waals surface area contributed by atoms with Gasteiger partial charge in [-0.2, -0.15) is 0 Å². The van der Waals surface area contributed by atoms with Crippen molar-refractivity contribution in [2.45, 2.75) is 25.7 Å². The second-order valence-corrected chi connectivity index (χ2v) is 8.35. The molecule has 0 fully saturated rings. The van der Waals surface area contributed by atoms with E-state index in [0.717, 1.165) is 24.1 Å². The van der Waals surface area contributed by atoms with Gasteiger partial charge in [-0.1, -0.05) is 36.4 Å². The largest absolute Gasteiger partial charge is 0.469 e. The Hall–Kier alpha value is -3.53. The van der Waals surface area contributed by atoms with Crippen LogP contribution in [0.3, 0.4) is 0 Å². The third kappa shape index (κ3) is 4.86. The van der Waals surface area contributed by atoms with E-state index in [9.17, 15) is 4.79 Å². The summed E-state index contributed by atoms with van der Waals surface area (Å²) in [6.45, 7) is 0. The summed E-state index contributed by atoms with van der Waals surface area (Å²) in [5.41, 5.74) is 7.33. The fraction of sp³-hybridized carbons (Fsp3) is 0.250. The third-order valence-electron chi connectivity index (χ3n) is 5.97. The lowest BCUT2D eigenvalue weighted by Crippen LogP contribution is -2.08. The van der Waals surface area contributed by atoms with Crippen LogP contribution in [0.5, 0.6) is 0 Å². The van der Waals surface area contributed by atoms with Crippen molar-refractivity contribution in [1.82, 2.24) is 4.57 Å². The Balaban J connectivity index is 1.70. The molecule has 0 amide bonds. The van der Waals surface area contributed by atoms with E-state index in [1.807, 2.05) is 0 Å². The van der Waals surface area contributed by atoms with Gasteiger partial charge in [-0.05, 0) is 72.4 Å². The van der Waals surface area contributed by atoms with Crippen molar-refractivity contribution in [2.24, 2.45) is 0 Å². The highest BCUT2D eigenvalue weighted by atomic mass is 16.5. The number of ether oxygens (including phenoxy) is 1. The Morgan fingerprint density at radius 3 is 2.31 bits per heavy atom. The van der Waals surface area contributed by atoms with Crippen LogP contribution in [0.4, 0.5) is 5.69 Å². The third-order valence-corrected chi connectivity index (χ3v) is 5.97. The summed E-state index contributed by atoms with van der Waals surface area (Å²) in [5, 5.41) is 1.25. The molecule has 0 spiro atoms. The molecule has 4 heteroatoms. The molecule has 0 aliphatic heterocycles. The molecule has 0 radical (unpaired) electrons. The number of hydrogen-bond donors (Lipinski definition) is 0. The van der Waals surface area contributed by atoms with Gasteiger partial charge < -0.3 is 14.2 Å².